The highest BCUT2D eigenvalue weighted by Gasteiger charge is 2.29. The van der Waals surface area contributed by atoms with Gasteiger partial charge >= 0.3 is 0 Å². The molecule has 0 aromatic rings. The number of ketones is 1. The third-order valence-corrected chi connectivity index (χ3v) is 3.28. The van der Waals surface area contributed by atoms with E-state index in [1.54, 1.807) is 0 Å². The molecule has 8 atom stereocenters. The fourth-order valence-corrected chi connectivity index (χ4v) is 1.26. The number of Topliss-reactive ketones (excluding diaryl/α,β-unsaturated/α-hetero) is 1. The number of aliphatic hydroxyl groups excluding tert-OH is 13. The van der Waals surface area contributed by atoms with Gasteiger partial charge < -0.3 is 71.2 Å². The number of hydrogen-bond acceptors (Lipinski definition) is 15. The Morgan fingerprint density at radius 3 is 1.20 bits per heavy atom. The van der Waals surface area contributed by atoms with Crippen LogP contribution in [0.25, 0.3) is 0 Å². The van der Waals surface area contributed by atoms with Crippen LogP contribution in [0.3, 0.4) is 0 Å². The molecule has 0 rings (SSSR count). The van der Waals surface area contributed by atoms with Gasteiger partial charge in [-0.1, -0.05) is 0 Å². The third kappa shape index (κ3) is 14.7. The van der Waals surface area contributed by atoms with Crippen LogP contribution in [0.1, 0.15) is 0 Å². The van der Waals surface area contributed by atoms with Crippen molar-refractivity contribution in [2.75, 3.05) is 33.0 Å². The highest BCUT2D eigenvalue weighted by atomic mass is 16.4. The standard InChI is InChI=1S/C6H12O6.C5H10O5.C4H10O4/c7-1-3(9)5(11)6(12)4(10)2-8;6-1-3(8)5(10)4(9)2-7;5-1-3(7)4(8)2-6/h3,5-9,11-12H,1-2H2;1,3-5,7-10H,2H2;3-8H,1-2H2/t3-,5-,6-;3-,4-,5-;3-,4+/m11./s1. The fourth-order valence-electron chi connectivity index (χ4n) is 1.26. The summed E-state index contributed by atoms with van der Waals surface area (Å²) in [6, 6.07) is 0. The zero-order valence-corrected chi connectivity index (χ0v) is 15.9. The molecular weight excluding hydrogens is 420 g/mol. The topological polar surface area (TPSA) is 297 Å². The van der Waals surface area contributed by atoms with Crippen LogP contribution in [0.2, 0.25) is 0 Å². The summed E-state index contributed by atoms with van der Waals surface area (Å²) in [5.41, 5.74) is 0. The van der Waals surface area contributed by atoms with Gasteiger partial charge in [0.05, 0.1) is 26.4 Å². The zero-order chi connectivity index (χ0) is 24.4. The second-order valence-corrected chi connectivity index (χ2v) is 5.68. The third-order valence-electron chi connectivity index (χ3n) is 3.28. The van der Waals surface area contributed by atoms with Crippen molar-refractivity contribution < 1.29 is 76.0 Å². The zero-order valence-electron chi connectivity index (χ0n) is 15.9. The predicted molar refractivity (Wildman–Crippen MR) is 94.6 cm³/mol. The van der Waals surface area contributed by atoms with Crippen LogP contribution in [-0.2, 0) is 9.59 Å². The van der Waals surface area contributed by atoms with E-state index < -0.39 is 87.6 Å². The molecule has 0 aliphatic heterocycles. The van der Waals surface area contributed by atoms with Crippen molar-refractivity contribution >= 4 is 12.1 Å². The molecule has 0 radical (unpaired) electrons. The maximum absolute atomic E-state index is 10.5. The van der Waals surface area contributed by atoms with E-state index in [2.05, 4.69) is 0 Å². The Kier molecular flexibility index (Phi) is 22.0. The van der Waals surface area contributed by atoms with E-state index in [9.17, 15) is 9.59 Å². The van der Waals surface area contributed by atoms with Gasteiger partial charge in [0.2, 0.25) is 0 Å². The average Bonchev–Trinajstić information content (AvgIpc) is 2.79. The number of aliphatic hydroxyl groups is 13. The molecular formula is C15H32O15. The van der Waals surface area contributed by atoms with E-state index in [1.165, 1.54) is 0 Å². The largest absolute Gasteiger partial charge is 0.394 e. The normalized spacial score (nSPS) is 18.7. The summed E-state index contributed by atoms with van der Waals surface area (Å²) in [5, 5.41) is 110. The Balaban J connectivity index is -0.000000372. The molecule has 0 spiro atoms. The van der Waals surface area contributed by atoms with Crippen molar-refractivity contribution in [3.63, 3.8) is 0 Å². The first-order chi connectivity index (χ1) is 13.9. The minimum Gasteiger partial charge on any atom is -0.394 e. The average molecular weight is 452 g/mol. The van der Waals surface area contributed by atoms with Gasteiger partial charge in [-0.25, -0.2) is 0 Å². The smallest absolute Gasteiger partial charge is 0.189 e. The monoisotopic (exact) mass is 452 g/mol. The van der Waals surface area contributed by atoms with Crippen molar-refractivity contribution in [1.82, 2.24) is 0 Å². The van der Waals surface area contributed by atoms with Gasteiger partial charge in [0.1, 0.15) is 55.4 Å². The SMILES string of the molecule is O=C(CO)[C@@H](O)[C@H](O)[C@H](O)CO.O=C[C@@H](O)[C@@H](O)[C@H](O)CO.OC[C@@H](O)[C@@H](O)CO. The summed E-state index contributed by atoms with van der Waals surface area (Å²) in [7, 11) is 0. The molecule has 0 aromatic heterocycles. The number of aldehydes is 1. The van der Waals surface area contributed by atoms with Crippen molar-refractivity contribution in [2.45, 2.75) is 48.8 Å². The van der Waals surface area contributed by atoms with Gasteiger partial charge in [-0.15, -0.1) is 0 Å². The van der Waals surface area contributed by atoms with E-state index in [0.717, 1.165) is 0 Å². The minimum atomic E-state index is -1.86. The second kappa shape index (κ2) is 19.8. The quantitative estimate of drug-likeness (QED) is 0.122. The lowest BCUT2D eigenvalue weighted by Gasteiger charge is -2.19. The molecule has 0 aliphatic rings. The van der Waals surface area contributed by atoms with Crippen LogP contribution in [0.15, 0.2) is 0 Å². The summed E-state index contributed by atoms with van der Waals surface area (Å²) in [4.78, 5) is 20.3. The fraction of sp³-hybridized carbons (Fsp3) is 0.867. The Hall–Kier alpha value is -1.18. The Morgan fingerprint density at radius 1 is 0.600 bits per heavy atom. The van der Waals surface area contributed by atoms with Crippen molar-refractivity contribution in [3.05, 3.63) is 0 Å². The molecule has 0 fully saturated rings. The van der Waals surface area contributed by atoms with Gasteiger partial charge in [-0.05, 0) is 0 Å². The summed E-state index contributed by atoms with van der Waals surface area (Å²) < 4.78 is 0. The second-order valence-electron chi connectivity index (χ2n) is 5.68. The van der Waals surface area contributed by atoms with Crippen molar-refractivity contribution in [3.8, 4) is 0 Å². The maximum Gasteiger partial charge on any atom is 0.189 e. The Labute approximate surface area is 171 Å². The highest BCUT2D eigenvalue weighted by Crippen LogP contribution is 2.00. The van der Waals surface area contributed by atoms with Gasteiger partial charge in [0, 0.05) is 0 Å². The van der Waals surface area contributed by atoms with Gasteiger partial charge in [0.15, 0.2) is 12.1 Å². The molecule has 0 saturated heterocycles. The number of carbonyl (C=O) groups is 2. The lowest BCUT2D eigenvalue weighted by Crippen LogP contribution is -2.44. The van der Waals surface area contributed by atoms with Gasteiger partial charge in [0.25, 0.3) is 0 Å². The molecule has 15 heteroatoms. The van der Waals surface area contributed by atoms with Gasteiger partial charge in [-0.3, -0.25) is 4.79 Å². The molecule has 13 N–H and O–H groups in total. The summed E-state index contributed by atoms with van der Waals surface area (Å²) in [5.74, 6) is -1.00. The summed E-state index contributed by atoms with van der Waals surface area (Å²) in [6.07, 6.45) is -12.3. The first-order valence-electron chi connectivity index (χ1n) is 8.36. The molecule has 0 amide bonds. The summed E-state index contributed by atoms with van der Waals surface area (Å²) >= 11 is 0. The predicted octanol–water partition coefficient (Wildman–Crippen LogP) is -8.42. The van der Waals surface area contributed by atoms with Crippen LogP contribution in [0, 0.1) is 0 Å². The van der Waals surface area contributed by atoms with Crippen LogP contribution in [-0.4, -0.2) is 160 Å². The number of hydrogen-bond donors (Lipinski definition) is 13. The van der Waals surface area contributed by atoms with E-state index in [0.29, 0.717) is 0 Å². The number of carbonyl (C=O) groups excluding carboxylic acids is 2. The molecule has 0 heterocycles. The minimum absolute atomic E-state index is 0.0869. The summed E-state index contributed by atoms with van der Waals surface area (Å²) in [6.45, 7) is -3.43. The highest BCUT2D eigenvalue weighted by molar-refractivity contribution is 5.84. The molecule has 0 unspecified atom stereocenters. The first kappa shape index (κ1) is 33.5. The van der Waals surface area contributed by atoms with E-state index in [4.69, 9.17) is 66.4 Å². The van der Waals surface area contributed by atoms with Crippen LogP contribution < -0.4 is 0 Å². The molecule has 0 saturated carbocycles. The molecule has 182 valence electrons. The Morgan fingerprint density at radius 2 is 0.933 bits per heavy atom. The number of rotatable bonds is 12. The molecule has 0 aliphatic carbocycles. The molecule has 15 nitrogen and oxygen atoms in total. The van der Waals surface area contributed by atoms with Crippen molar-refractivity contribution in [1.29, 1.82) is 0 Å². The lowest BCUT2D eigenvalue weighted by molar-refractivity contribution is -0.142. The molecule has 0 bridgehead atoms. The van der Waals surface area contributed by atoms with Crippen LogP contribution >= 0.6 is 0 Å². The Bertz CT molecular complexity index is 415. The molecule has 30 heavy (non-hydrogen) atoms. The van der Waals surface area contributed by atoms with Crippen molar-refractivity contribution in [2.24, 2.45) is 0 Å². The van der Waals surface area contributed by atoms with Crippen LogP contribution in [0.5, 0.6) is 0 Å². The van der Waals surface area contributed by atoms with E-state index in [-0.39, 0.29) is 6.29 Å². The maximum atomic E-state index is 10.5. The van der Waals surface area contributed by atoms with E-state index >= 15 is 0 Å². The first-order valence-corrected chi connectivity index (χ1v) is 8.36. The molecule has 0 aromatic carbocycles. The van der Waals surface area contributed by atoms with Crippen LogP contribution in [0.4, 0.5) is 0 Å². The van der Waals surface area contributed by atoms with E-state index in [1.807, 2.05) is 0 Å². The van der Waals surface area contributed by atoms with Gasteiger partial charge in [-0.2, -0.15) is 0 Å². The lowest BCUT2D eigenvalue weighted by atomic mass is 10.1.